The predicted molar refractivity (Wildman–Crippen MR) is 93.1 cm³/mol. The summed E-state index contributed by atoms with van der Waals surface area (Å²) in [6.07, 6.45) is 2.00. The van der Waals surface area contributed by atoms with Gasteiger partial charge in [0, 0.05) is 30.1 Å². The maximum Gasteiger partial charge on any atom is 0.303 e. The lowest BCUT2D eigenvalue weighted by molar-refractivity contribution is -0.346. The molecule has 1 saturated heterocycles. The van der Waals surface area contributed by atoms with Crippen molar-refractivity contribution in [2.75, 3.05) is 6.61 Å². The third-order valence-corrected chi connectivity index (χ3v) is 9.12. The normalized spacial score (nSPS) is 54.3. The van der Waals surface area contributed by atoms with Gasteiger partial charge < -0.3 is 14.6 Å². The molecular weight excluding hydrogens is 332 g/mol. The van der Waals surface area contributed by atoms with Gasteiger partial charge in [-0.1, -0.05) is 12.5 Å². The molecule has 26 heavy (non-hydrogen) atoms. The fourth-order valence-electron chi connectivity index (χ4n) is 7.87. The highest BCUT2D eigenvalue weighted by atomic mass is 16.5. The van der Waals surface area contributed by atoms with Crippen LogP contribution in [0.15, 0.2) is 11.1 Å². The van der Waals surface area contributed by atoms with Gasteiger partial charge in [-0.05, 0) is 44.6 Å². The largest absolute Gasteiger partial charge is 0.450 e. The van der Waals surface area contributed by atoms with Gasteiger partial charge in [0.05, 0.1) is 24.2 Å². The van der Waals surface area contributed by atoms with Crippen LogP contribution in [0.25, 0.3) is 0 Å². The van der Waals surface area contributed by atoms with Crippen LogP contribution in [0.5, 0.6) is 0 Å². The van der Waals surface area contributed by atoms with E-state index in [1.54, 1.807) is 0 Å². The first kappa shape index (κ1) is 16.9. The number of carbonyl (C=O) groups excluding carboxylic acids is 2. The molecule has 5 heteroatoms. The van der Waals surface area contributed by atoms with Gasteiger partial charge >= 0.3 is 5.97 Å². The molecule has 0 aromatic carbocycles. The number of ketones is 1. The summed E-state index contributed by atoms with van der Waals surface area (Å²) in [7, 11) is 0. The number of fused-ring (bicyclic) bond motifs is 1. The van der Waals surface area contributed by atoms with Crippen LogP contribution in [-0.4, -0.2) is 41.8 Å². The van der Waals surface area contributed by atoms with E-state index in [0.717, 1.165) is 24.8 Å². The van der Waals surface area contributed by atoms with E-state index in [9.17, 15) is 14.7 Å². The number of aliphatic hydroxyl groups excluding tert-OH is 1. The Kier molecular flexibility index (Phi) is 3.12. The van der Waals surface area contributed by atoms with Crippen LogP contribution in [0, 0.1) is 28.1 Å². The van der Waals surface area contributed by atoms with Gasteiger partial charge in [0.15, 0.2) is 11.9 Å². The fourth-order valence-corrected chi connectivity index (χ4v) is 7.87. The first-order chi connectivity index (χ1) is 12.2. The molecule has 0 aromatic rings. The lowest BCUT2D eigenvalue weighted by atomic mass is 9.24. The van der Waals surface area contributed by atoms with Crippen molar-refractivity contribution in [1.82, 2.24) is 0 Å². The third kappa shape index (κ3) is 1.47. The second kappa shape index (κ2) is 4.79. The number of ether oxygens (including phenoxy) is 2. The van der Waals surface area contributed by atoms with E-state index in [4.69, 9.17) is 9.47 Å². The molecule has 5 rings (SSSR count). The lowest BCUT2D eigenvalue weighted by Crippen LogP contribution is -2.83. The SMILES string of the molecule is CC(=O)O[C@H]1C(=O)[C@]2(C)[C@@H](O)C[C@H]3OC[C@H]3C23C[C@@H]2CCC(C)=C1[C@@]23C. The Labute approximate surface area is 154 Å². The Morgan fingerprint density at radius 1 is 1.31 bits per heavy atom. The number of allylic oxidation sites excluding steroid dienone is 1. The van der Waals surface area contributed by atoms with Gasteiger partial charge in [0.25, 0.3) is 0 Å². The highest BCUT2D eigenvalue weighted by Crippen LogP contribution is 2.82. The van der Waals surface area contributed by atoms with Gasteiger partial charge in [-0.3, -0.25) is 9.59 Å². The second-order valence-corrected chi connectivity index (χ2v) is 9.59. The summed E-state index contributed by atoms with van der Waals surface area (Å²) in [6, 6.07) is 0. The fraction of sp³-hybridized carbons (Fsp3) is 0.810. The standard InChI is InChI=1S/C21H28O5/c1-10-5-6-12-8-21-13-9-25-14(13)7-15(23)20(21,4)18(24)17(26-11(2)22)16(10)19(12,21)3/h12-15,17,23H,5-9H2,1-4H3/t12-,13+,14+,15-,17+,19+,20-,21?/m0/s1. The number of rotatable bonds is 1. The summed E-state index contributed by atoms with van der Waals surface area (Å²) in [6.45, 7) is 8.33. The van der Waals surface area contributed by atoms with Crippen molar-refractivity contribution in [1.29, 1.82) is 0 Å². The molecule has 4 aliphatic carbocycles. The second-order valence-electron chi connectivity index (χ2n) is 9.59. The van der Waals surface area contributed by atoms with Gasteiger partial charge in [-0.15, -0.1) is 0 Å². The van der Waals surface area contributed by atoms with Gasteiger partial charge in [-0.25, -0.2) is 0 Å². The molecule has 0 radical (unpaired) electrons. The molecular formula is C21H28O5. The number of carbonyl (C=O) groups is 2. The van der Waals surface area contributed by atoms with Crippen molar-refractivity contribution in [2.45, 2.75) is 71.7 Å². The van der Waals surface area contributed by atoms with Crippen LogP contribution < -0.4 is 0 Å². The van der Waals surface area contributed by atoms with E-state index in [-0.39, 0.29) is 22.7 Å². The van der Waals surface area contributed by atoms with E-state index in [1.165, 1.54) is 12.5 Å². The highest BCUT2D eigenvalue weighted by molar-refractivity contribution is 5.97. The van der Waals surface area contributed by atoms with Crippen LogP contribution in [0.1, 0.15) is 53.4 Å². The summed E-state index contributed by atoms with van der Waals surface area (Å²) in [5, 5.41) is 11.1. The molecule has 3 saturated carbocycles. The summed E-state index contributed by atoms with van der Waals surface area (Å²) in [5.74, 6) is 0.260. The Bertz CT molecular complexity index is 756. The Balaban J connectivity index is 1.77. The van der Waals surface area contributed by atoms with E-state index >= 15 is 0 Å². The molecule has 1 N–H and O–H groups in total. The van der Waals surface area contributed by atoms with Crippen LogP contribution in [0.3, 0.4) is 0 Å². The predicted octanol–water partition coefficient (Wildman–Crippen LogP) is 2.41. The van der Waals surface area contributed by atoms with Gasteiger partial charge in [0.1, 0.15) is 0 Å². The molecule has 1 heterocycles. The minimum absolute atomic E-state index is 0.0532. The smallest absolute Gasteiger partial charge is 0.303 e. The number of hydrogen-bond acceptors (Lipinski definition) is 5. The molecule has 1 aliphatic heterocycles. The lowest BCUT2D eigenvalue weighted by Gasteiger charge is -2.80. The van der Waals surface area contributed by atoms with Crippen molar-refractivity contribution in [3.05, 3.63) is 11.1 Å². The first-order valence-electron chi connectivity index (χ1n) is 9.91. The summed E-state index contributed by atoms with van der Waals surface area (Å²) >= 11 is 0. The number of Topliss-reactive ketones (excluding diaryl/α,β-unsaturated/α-hetero) is 1. The van der Waals surface area contributed by atoms with Gasteiger partial charge in [-0.2, -0.15) is 0 Å². The van der Waals surface area contributed by atoms with E-state index in [0.29, 0.717) is 24.9 Å². The molecule has 8 atom stereocenters. The monoisotopic (exact) mass is 360 g/mol. The summed E-state index contributed by atoms with van der Waals surface area (Å²) in [5.41, 5.74) is 0.867. The summed E-state index contributed by atoms with van der Waals surface area (Å²) in [4.78, 5) is 25.6. The van der Waals surface area contributed by atoms with Crippen LogP contribution in [0.4, 0.5) is 0 Å². The highest BCUT2D eigenvalue weighted by Gasteiger charge is 2.84. The number of aliphatic hydroxyl groups is 1. The van der Waals surface area contributed by atoms with Crippen molar-refractivity contribution in [3.8, 4) is 0 Å². The minimum atomic E-state index is -0.884. The van der Waals surface area contributed by atoms with E-state index < -0.39 is 23.6 Å². The van der Waals surface area contributed by atoms with Crippen LogP contribution >= 0.6 is 0 Å². The molecule has 142 valence electrons. The molecule has 5 aliphatic rings. The molecule has 5 nitrogen and oxygen atoms in total. The number of hydrogen-bond donors (Lipinski definition) is 1. The molecule has 0 bridgehead atoms. The van der Waals surface area contributed by atoms with Crippen molar-refractivity contribution in [3.63, 3.8) is 0 Å². The Morgan fingerprint density at radius 3 is 2.65 bits per heavy atom. The molecule has 0 aromatic heterocycles. The average molecular weight is 360 g/mol. The molecule has 1 spiro atoms. The topological polar surface area (TPSA) is 72.8 Å². The van der Waals surface area contributed by atoms with E-state index in [2.05, 4.69) is 13.8 Å². The molecule has 4 fully saturated rings. The molecule has 0 amide bonds. The maximum absolute atomic E-state index is 13.8. The zero-order chi connectivity index (χ0) is 18.6. The van der Waals surface area contributed by atoms with Crippen molar-refractivity contribution >= 4 is 11.8 Å². The van der Waals surface area contributed by atoms with Crippen LogP contribution in [-0.2, 0) is 19.1 Å². The van der Waals surface area contributed by atoms with Crippen molar-refractivity contribution < 1.29 is 24.2 Å². The van der Waals surface area contributed by atoms with Crippen molar-refractivity contribution in [2.24, 2.45) is 28.1 Å². The Hall–Kier alpha value is -1.20. The van der Waals surface area contributed by atoms with Crippen LogP contribution in [0.2, 0.25) is 0 Å². The van der Waals surface area contributed by atoms with Gasteiger partial charge in [0.2, 0.25) is 0 Å². The van der Waals surface area contributed by atoms with E-state index in [1.807, 2.05) is 6.92 Å². The number of esters is 1. The average Bonchev–Trinajstić information content (AvgIpc) is 2.54. The zero-order valence-corrected chi connectivity index (χ0v) is 16.0. The Morgan fingerprint density at radius 2 is 2.04 bits per heavy atom. The zero-order valence-electron chi connectivity index (χ0n) is 16.0. The maximum atomic E-state index is 13.8. The quantitative estimate of drug-likeness (QED) is 0.574. The minimum Gasteiger partial charge on any atom is -0.450 e. The third-order valence-electron chi connectivity index (χ3n) is 9.12. The first-order valence-corrected chi connectivity index (χ1v) is 9.91. The summed E-state index contributed by atoms with van der Waals surface area (Å²) < 4.78 is 11.4. The molecule has 1 unspecified atom stereocenters.